The van der Waals surface area contributed by atoms with Crippen LogP contribution in [-0.4, -0.2) is 21.8 Å². The highest BCUT2D eigenvalue weighted by molar-refractivity contribution is 5.99. The maximum atomic E-state index is 9.91. The lowest BCUT2D eigenvalue weighted by molar-refractivity contribution is 0.481. The van der Waals surface area contributed by atoms with E-state index in [0.29, 0.717) is 0 Å². The van der Waals surface area contributed by atoms with Crippen LogP contribution < -0.4 is 5.32 Å². The fraction of sp³-hybridized carbons (Fsp3) is 0.125. The summed E-state index contributed by atoms with van der Waals surface area (Å²) in [5.74, 6) is 1.04. The number of hydrogen-bond donors (Lipinski definition) is 2. The number of phenols is 1. The third-order valence-electron chi connectivity index (χ3n) is 3.20. The standard InChI is InChI=1S/C16H15N3O/c1-2-17-16-10-8-14(18-19-16)12-7-9-15(20)13-6-4-3-5-11(12)13/h3-10,20H,2H2,1H3,(H,17,19). The van der Waals surface area contributed by atoms with Gasteiger partial charge in [0.2, 0.25) is 0 Å². The molecule has 1 aromatic heterocycles. The first kappa shape index (κ1) is 12.4. The van der Waals surface area contributed by atoms with E-state index in [0.717, 1.165) is 34.4 Å². The van der Waals surface area contributed by atoms with Crippen LogP contribution in [0.3, 0.4) is 0 Å². The number of phenolic OH excluding ortho intramolecular Hbond substituents is 1. The summed E-state index contributed by atoms with van der Waals surface area (Å²) in [6, 6.07) is 15.1. The van der Waals surface area contributed by atoms with Gasteiger partial charge in [-0.25, -0.2) is 0 Å². The highest BCUT2D eigenvalue weighted by Gasteiger charge is 2.08. The Labute approximate surface area is 117 Å². The fourth-order valence-corrected chi connectivity index (χ4v) is 2.26. The molecule has 100 valence electrons. The van der Waals surface area contributed by atoms with E-state index in [9.17, 15) is 5.11 Å². The quantitative estimate of drug-likeness (QED) is 0.761. The molecule has 0 saturated carbocycles. The van der Waals surface area contributed by atoms with Crippen LogP contribution in [0.2, 0.25) is 0 Å². The average molecular weight is 265 g/mol. The number of fused-ring (bicyclic) bond motifs is 1. The minimum Gasteiger partial charge on any atom is -0.507 e. The normalized spacial score (nSPS) is 10.7. The smallest absolute Gasteiger partial charge is 0.148 e. The van der Waals surface area contributed by atoms with Gasteiger partial charge in [0.15, 0.2) is 0 Å². The Morgan fingerprint density at radius 2 is 1.75 bits per heavy atom. The predicted molar refractivity (Wildman–Crippen MR) is 80.8 cm³/mol. The van der Waals surface area contributed by atoms with Crippen molar-refractivity contribution >= 4 is 16.6 Å². The van der Waals surface area contributed by atoms with Crippen LogP contribution in [0.4, 0.5) is 5.82 Å². The van der Waals surface area contributed by atoms with Crippen molar-refractivity contribution in [1.82, 2.24) is 10.2 Å². The number of nitrogens with zero attached hydrogens (tertiary/aromatic N) is 2. The first-order valence-electron chi connectivity index (χ1n) is 6.58. The van der Waals surface area contributed by atoms with Crippen LogP contribution in [0.1, 0.15) is 6.92 Å². The third-order valence-corrected chi connectivity index (χ3v) is 3.20. The van der Waals surface area contributed by atoms with Gasteiger partial charge in [-0.1, -0.05) is 24.3 Å². The van der Waals surface area contributed by atoms with Gasteiger partial charge < -0.3 is 10.4 Å². The van der Waals surface area contributed by atoms with Gasteiger partial charge in [0.25, 0.3) is 0 Å². The second-order valence-electron chi connectivity index (χ2n) is 4.51. The molecule has 0 aliphatic heterocycles. The molecule has 0 radical (unpaired) electrons. The lowest BCUT2D eigenvalue weighted by Gasteiger charge is -2.08. The minimum absolute atomic E-state index is 0.279. The van der Waals surface area contributed by atoms with E-state index < -0.39 is 0 Å². The van der Waals surface area contributed by atoms with Crippen molar-refractivity contribution in [2.75, 3.05) is 11.9 Å². The summed E-state index contributed by atoms with van der Waals surface area (Å²) in [4.78, 5) is 0. The zero-order valence-corrected chi connectivity index (χ0v) is 11.2. The number of nitrogens with one attached hydrogen (secondary N) is 1. The topological polar surface area (TPSA) is 58.0 Å². The Bertz CT molecular complexity index is 738. The molecule has 0 fully saturated rings. The van der Waals surface area contributed by atoms with Crippen molar-refractivity contribution in [3.8, 4) is 17.0 Å². The van der Waals surface area contributed by atoms with Crippen LogP contribution in [0.15, 0.2) is 48.5 Å². The molecule has 0 spiro atoms. The van der Waals surface area contributed by atoms with Gasteiger partial charge in [0, 0.05) is 17.5 Å². The lowest BCUT2D eigenvalue weighted by atomic mass is 10.0. The van der Waals surface area contributed by atoms with Crippen molar-refractivity contribution in [1.29, 1.82) is 0 Å². The van der Waals surface area contributed by atoms with Crippen LogP contribution in [-0.2, 0) is 0 Å². The summed E-state index contributed by atoms with van der Waals surface area (Å²) >= 11 is 0. The van der Waals surface area contributed by atoms with Crippen molar-refractivity contribution in [2.45, 2.75) is 6.92 Å². The molecule has 0 aliphatic rings. The average Bonchev–Trinajstić information content (AvgIpc) is 2.49. The van der Waals surface area contributed by atoms with E-state index in [-0.39, 0.29) is 5.75 Å². The van der Waals surface area contributed by atoms with Gasteiger partial charge in [-0.2, -0.15) is 0 Å². The molecule has 0 unspecified atom stereocenters. The second-order valence-corrected chi connectivity index (χ2v) is 4.51. The molecule has 0 bridgehead atoms. The van der Waals surface area contributed by atoms with Crippen LogP contribution in [0, 0.1) is 0 Å². The van der Waals surface area contributed by atoms with Crippen LogP contribution in [0.5, 0.6) is 5.75 Å². The van der Waals surface area contributed by atoms with Crippen LogP contribution >= 0.6 is 0 Å². The molecule has 4 nitrogen and oxygen atoms in total. The molecule has 20 heavy (non-hydrogen) atoms. The molecule has 3 rings (SSSR count). The summed E-state index contributed by atoms with van der Waals surface area (Å²) < 4.78 is 0. The summed E-state index contributed by atoms with van der Waals surface area (Å²) in [5, 5.41) is 23.2. The van der Waals surface area contributed by atoms with E-state index in [1.165, 1.54) is 0 Å². The number of aromatic hydroxyl groups is 1. The Morgan fingerprint density at radius 1 is 0.950 bits per heavy atom. The number of hydrogen-bond acceptors (Lipinski definition) is 4. The van der Waals surface area contributed by atoms with E-state index in [2.05, 4.69) is 15.5 Å². The van der Waals surface area contributed by atoms with Gasteiger partial charge in [-0.15, -0.1) is 10.2 Å². The van der Waals surface area contributed by atoms with E-state index in [1.54, 1.807) is 6.07 Å². The molecule has 4 heteroatoms. The second kappa shape index (κ2) is 5.17. The zero-order valence-electron chi connectivity index (χ0n) is 11.2. The van der Waals surface area contributed by atoms with E-state index in [4.69, 9.17) is 0 Å². The van der Waals surface area contributed by atoms with Gasteiger partial charge >= 0.3 is 0 Å². The molecule has 1 heterocycles. The van der Waals surface area contributed by atoms with Crippen molar-refractivity contribution in [2.24, 2.45) is 0 Å². The SMILES string of the molecule is CCNc1ccc(-c2ccc(O)c3ccccc23)nn1. The number of aromatic nitrogens is 2. The van der Waals surface area contributed by atoms with E-state index in [1.807, 2.05) is 49.4 Å². The maximum Gasteiger partial charge on any atom is 0.148 e. The Hall–Kier alpha value is -2.62. The minimum atomic E-state index is 0.279. The highest BCUT2D eigenvalue weighted by Crippen LogP contribution is 2.32. The highest BCUT2D eigenvalue weighted by atomic mass is 16.3. The van der Waals surface area contributed by atoms with Crippen molar-refractivity contribution < 1.29 is 5.11 Å². The van der Waals surface area contributed by atoms with Crippen LogP contribution in [0.25, 0.3) is 22.0 Å². The molecular weight excluding hydrogens is 250 g/mol. The predicted octanol–water partition coefficient (Wildman–Crippen LogP) is 3.43. The largest absolute Gasteiger partial charge is 0.507 e. The molecule has 2 aromatic carbocycles. The van der Waals surface area contributed by atoms with Gasteiger partial charge in [-0.05, 0) is 36.6 Å². The summed E-state index contributed by atoms with van der Waals surface area (Å²) in [5.41, 5.74) is 1.76. The zero-order chi connectivity index (χ0) is 13.9. The first-order valence-corrected chi connectivity index (χ1v) is 6.58. The molecule has 0 aliphatic carbocycles. The maximum absolute atomic E-state index is 9.91. The molecule has 0 atom stereocenters. The third kappa shape index (κ3) is 2.16. The number of rotatable bonds is 3. The Balaban J connectivity index is 2.12. The van der Waals surface area contributed by atoms with Crippen molar-refractivity contribution in [3.63, 3.8) is 0 Å². The summed E-state index contributed by atoms with van der Waals surface area (Å²) in [6.07, 6.45) is 0. The summed E-state index contributed by atoms with van der Waals surface area (Å²) in [6.45, 7) is 2.83. The number of benzene rings is 2. The summed E-state index contributed by atoms with van der Waals surface area (Å²) in [7, 11) is 0. The first-order chi connectivity index (χ1) is 9.79. The molecule has 0 saturated heterocycles. The monoisotopic (exact) mass is 265 g/mol. The molecular formula is C16H15N3O. The molecule has 3 aromatic rings. The van der Waals surface area contributed by atoms with Gasteiger partial charge in [-0.3, -0.25) is 0 Å². The van der Waals surface area contributed by atoms with Gasteiger partial charge in [0.1, 0.15) is 11.6 Å². The van der Waals surface area contributed by atoms with Gasteiger partial charge in [0.05, 0.1) is 5.69 Å². The molecule has 2 N–H and O–H groups in total. The number of anilines is 1. The van der Waals surface area contributed by atoms with Crippen molar-refractivity contribution in [3.05, 3.63) is 48.5 Å². The Morgan fingerprint density at radius 3 is 2.45 bits per heavy atom. The lowest BCUT2D eigenvalue weighted by Crippen LogP contribution is -2.00. The van der Waals surface area contributed by atoms with E-state index >= 15 is 0 Å². The Kier molecular flexibility index (Phi) is 3.21. The molecule has 0 amide bonds. The fourth-order valence-electron chi connectivity index (χ4n) is 2.26.